The zero-order valence-corrected chi connectivity index (χ0v) is 19.0. The van der Waals surface area contributed by atoms with Crippen LogP contribution in [0.5, 0.6) is 0 Å². The van der Waals surface area contributed by atoms with Crippen LogP contribution in [0.15, 0.2) is 47.0 Å². The molecule has 2 aliphatic rings. The summed E-state index contributed by atoms with van der Waals surface area (Å²) >= 11 is 2.18. The Bertz CT molecular complexity index is 1240. The first-order valence-corrected chi connectivity index (χ1v) is 11.6. The summed E-state index contributed by atoms with van der Waals surface area (Å²) < 4.78 is 5.74. The van der Waals surface area contributed by atoms with Crippen molar-refractivity contribution in [2.45, 2.75) is 18.0 Å². The number of pyridine rings is 1. The van der Waals surface area contributed by atoms with Gasteiger partial charge in [0.2, 0.25) is 11.5 Å². The minimum Gasteiger partial charge on any atom is -0.543 e. The van der Waals surface area contributed by atoms with Crippen molar-refractivity contribution in [3.63, 3.8) is 0 Å². The number of fused-ring (bicyclic) bond motifs is 1. The number of nitrogens with zero attached hydrogens (tertiary/aromatic N) is 5. The average molecular weight is 500 g/mol. The van der Waals surface area contributed by atoms with Crippen molar-refractivity contribution >= 4 is 51.9 Å². The Balaban J connectivity index is 1.53. The van der Waals surface area contributed by atoms with Crippen LogP contribution in [0.2, 0.25) is 0 Å². The number of oxime groups is 1. The molecular weight excluding hydrogens is 482 g/mol. The van der Waals surface area contributed by atoms with Crippen molar-refractivity contribution in [2.24, 2.45) is 5.16 Å². The van der Waals surface area contributed by atoms with Gasteiger partial charge in [-0.25, -0.2) is 4.57 Å². The molecule has 2 amide bonds. The molecule has 0 radical (unpaired) electrons. The van der Waals surface area contributed by atoms with Gasteiger partial charge in [0.05, 0.1) is 11.7 Å². The Labute approximate surface area is 201 Å². The molecular formula is C20H17N7O5S2. The highest BCUT2D eigenvalue weighted by Crippen LogP contribution is 2.40. The number of nitrogens with two attached hydrogens (primary N) is 1. The van der Waals surface area contributed by atoms with E-state index in [9.17, 15) is 19.5 Å². The van der Waals surface area contributed by atoms with E-state index in [0.717, 1.165) is 16.4 Å². The minimum absolute atomic E-state index is 0.0885. The van der Waals surface area contributed by atoms with E-state index in [0.29, 0.717) is 11.3 Å². The number of rotatable bonds is 8. The molecule has 2 aromatic rings. The van der Waals surface area contributed by atoms with Gasteiger partial charge in [-0.15, -0.1) is 18.2 Å². The molecule has 0 aromatic carbocycles. The standard InChI is InChI=1S/C20H17N7O5S2/c1-2-8-32-24-12(15-23-20(21)34-25-15)16(28)22-13-17(29)27-14(19(30)31)11(10-33-18(13)27)9-26-6-4-3-5-7-26/h1,3-7,13,18H,8-10H2,(H3-,21,22,23,25,28,30,31)/b24-12+/t13?,18-/m1/s1. The molecule has 0 saturated carbocycles. The first kappa shape index (κ1) is 23.2. The Morgan fingerprint density at radius 2 is 2.18 bits per heavy atom. The van der Waals surface area contributed by atoms with E-state index < -0.39 is 29.2 Å². The van der Waals surface area contributed by atoms with E-state index in [4.69, 9.17) is 17.0 Å². The highest BCUT2D eigenvalue weighted by Gasteiger charge is 2.53. The third-order valence-electron chi connectivity index (χ3n) is 4.85. The first-order valence-electron chi connectivity index (χ1n) is 9.76. The first-order chi connectivity index (χ1) is 16.4. The molecule has 4 rings (SSSR count). The zero-order valence-electron chi connectivity index (χ0n) is 17.4. The van der Waals surface area contributed by atoms with Crippen LogP contribution in [0.1, 0.15) is 5.82 Å². The fourth-order valence-corrected chi connectivity index (χ4v) is 5.18. The van der Waals surface area contributed by atoms with Gasteiger partial charge in [0, 0.05) is 35.0 Å². The Hall–Kier alpha value is -3.96. The second-order valence-corrected chi connectivity index (χ2v) is 8.91. The van der Waals surface area contributed by atoms with Crippen molar-refractivity contribution in [2.75, 3.05) is 18.1 Å². The highest BCUT2D eigenvalue weighted by atomic mass is 32.2. The van der Waals surface area contributed by atoms with Gasteiger partial charge in [-0.1, -0.05) is 17.1 Å². The molecule has 1 saturated heterocycles. The number of hydrogen-bond donors (Lipinski definition) is 2. The number of anilines is 1. The van der Waals surface area contributed by atoms with Gasteiger partial charge in [0.1, 0.15) is 11.4 Å². The number of nitrogen functional groups attached to an aromatic ring is 1. The lowest BCUT2D eigenvalue weighted by molar-refractivity contribution is -0.689. The van der Waals surface area contributed by atoms with Crippen molar-refractivity contribution in [3.05, 3.63) is 47.7 Å². The number of terminal acetylenes is 1. The van der Waals surface area contributed by atoms with Crippen LogP contribution in [0.4, 0.5) is 5.13 Å². The van der Waals surface area contributed by atoms with Gasteiger partial charge >= 0.3 is 0 Å². The minimum atomic E-state index is -1.46. The highest BCUT2D eigenvalue weighted by molar-refractivity contribution is 8.00. The number of amides is 2. The molecule has 3 N–H and O–H groups in total. The summed E-state index contributed by atoms with van der Waals surface area (Å²) in [4.78, 5) is 47.6. The third kappa shape index (κ3) is 4.56. The van der Waals surface area contributed by atoms with Gasteiger partial charge in [-0.05, 0) is 0 Å². The molecule has 174 valence electrons. The van der Waals surface area contributed by atoms with Crippen LogP contribution in [0.3, 0.4) is 0 Å². The smallest absolute Gasteiger partial charge is 0.278 e. The largest absolute Gasteiger partial charge is 0.543 e. The monoisotopic (exact) mass is 499 g/mol. The van der Waals surface area contributed by atoms with Gasteiger partial charge in [-0.3, -0.25) is 14.5 Å². The number of thioether (sulfide) groups is 1. The predicted molar refractivity (Wildman–Crippen MR) is 119 cm³/mol. The molecule has 34 heavy (non-hydrogen) atoms. The van der Waals surface area contributed by atoms with E-state index in [1.54, 1.807) is 17.0 Å². The number of aliphatic carboxylic acids is 1. The lowest BCUT2D eigenvalue weighted by Crippen LogP contribution is -2.71. The lowest BCUT2D eigenvalue weighted by atomic mass is 10.0. The second kappa shape index (κ2) is 9.89. The number of carboxylic acids is 1. The summed E-state index contributed by atoms with van der Waals surface area (Å²) in [6.45, 7) is 0.0813. The van der Waals surface area contributed by atoms with Crippen LogP contribution in [-0.4, -0.2) is 61.5 Å². The number of carbonyl (C=O) groups is 3. The maximum absolute atomic E-state index is 12.9. The maximum atomic E-state index is 12.9. The van der Waals surface area contributed by atoms with Gasteiger partial charge in [-0.2, -0.15) is 9.36 Å². The van der Waals surface area contributed by atoms with E-state index in [1.165, 1.54) is 11.8 Å². The SMILES string of the molecule is C#CCO/N=C(/C(=O)NC1C(=O)N2C(C(=O)[O-])=C(C[n+]3ccccc3)CS[C@H]12)c1nsc(N)n1. The molecule has 12 nitrogen and oxygen atoms in total. The van der Waals surface area contributed by atoms with Crippen LogP contribution < -0.4 is 20.7 Å². The number of aromatic nitrogens is 3. The summed E-state index contributed by atoms with van der Waals surface area (Å²) in [6.07, 6.45) is 8.71. The molecule has 0 spiro atoms. The summed E-state index contributed by atoms with van der Waals surface area (Å²) in [5.74, 6) is -0.384. The Morgan fingerprint density at radius 3 is 2.82 bits per heavy atom. The van der Waals surface area contributed by atoms with Crippen molar-refractivity contribution in [3.8, 4) is 12.3 Å². The Morgan fingerprint density at radius 1 is 1.41 bits per heavy atom. The number of hydrogen-bond acceptors (Lipinski definition) is 11. The number of carboxylic acid groups (broad SMARTS) is 1. The maximum Gasteiger partial charge on any atom is 0.278 e. The average Bonchev–Trinajstić information content (AvgIpc) is 3.26. The molecule has 2 atom stereocenters. The number of carbonyl (C=O) groups excluding carboxylic acids is 3. The summed E-state index contributed by atoms with van der Waals surface area (Å²) in [6, 6.07) is 4.48. The quantitative estimate of drug-likeness (QED) is 0.103. The van der Waals surface area contributed by atoms with Gasteiger partial charge < -0.3 is 25.8 Å². The van der Waals surface area contributed by atoms with E-state index in [-0.39, 0.29) is 35.5 Å². The van der Waals surface area contributed by atoms with Gasteiger partial charge in [0.15, 0.2) is 30.7 Å². The van der Waals surface area contributed by atoms with E-state index in [2.05, 4.69) is 25.8 Å². The topological polar surface area (TPSA) is 167 Å². The van der Waals surface area contributed by atoms with Gasteiger partial charge in [0.25, 0.3) is 11.8 Å². The van der Waals surface area contributed by atoms with Crippen molar-refractivity contribution in [1.29, 1.82) is 0 Å². The summed E-state index contributed by atoms with van der Waals surface area (Å²) in [7, 11) is 0. The van der Waals surface area contributed by atoms with E-state index in [1.807, 2.05) is 18.2 Å². The third-order valence-corrected chi connectivity index (χ3v) is 6.73. The van der Waals surface area contributed by atoms with Crippen LogP contribution in [-0.2, 0) is 25.8 Å². The molecule has 1 unspecified atom stereocenters. The fraction of sp³-hybridized carbons (Fsp3) is 0.250. The molecule has 2 aromatic heterocycles. The van der Waals surface area contributed by atoms with Crippen molar-refractivity contribution in [1.82, 2.24) is 19.6 Å². The summed E-state index contributed by atoms with van der Waals surface area (Å²) in [5, 5.41) is 17.6. The molecule has 4 heterocycles. The number of β-lactam (4-membered cyclic amide) rings is 1. The van der Waals surface area contributed by atoms with Crippen LogP contribution in [0.25, 0.3) is 0 Å². The Kier molecular flexibility index (Phi) is 6.75. The number of nitrogens with one attached hydrogen (secondary N) is 1. The fourth-order valence-electron chi connectivity index (χ4n) is 3.41. The van der Waals surface area contributed by atoms with Crippen LogP contribution in [0, 0.1) is 12.3 Å². The predicted octanol–water partition coefficient (Wildman–Crippen LogP) is -2.13. The molecule has 0 aliphatic carbocycles. The molecule has 2 aliphatic heterocycles. The lowest BCUT2D eigenvalue weighted by Gasteiger charge is -2.50. The van der Waals surface area contributed by atoms with Crippen LogP contribution >= 0.6 is 23.3 Å². The van der Waals surface area contributed by atoms with E-state index >= 15 is 0 Å². The zero-order chi connectivity index (χ0) is 24.2. The van der Waals surface area contributed by atoms with Crippen molar-refractivity contribution < 1.29 is 28.9 Å². The molecule has 1 fully saturated rings. The molecule has 14 heteroatoms. The summed E-state index contributed by atoms with van der Waals surface area (Å²) in [5.41, 5.74) is 5.62. The normalized spacial score (nSPS) is 19.7. The second-order valence-electron chi connectivity index (χ2n) is 7.02. The molecule has 0 bridgehead atoms.